The van der Waals surface area contributed by atoms with Crippen molar-refractivity contribution in [2.24, 2.45) is 12.8 Å². The van der Waals surface area contributed by atoms with Gasteiger partial charge in [0.2, 0.25) is 0 Å². The van der Waals surface area contributed by atoms with Crippen LogP contribution in [0.25, 0.3) is 11.2 Å². The molecule has 2 heterocycles. The molecule has 2 N–H and O–H groups in total. The van der Waals surface area contributed by atoms with E-state index in [1.807, 2.05) is 6.92 Å². The molecule has 0 amide bonds. The Kier molecular flexibility index (Phi) is 3.09. The molecule has 2 aromatic heterocycles. The van der Waals surface area contributed by atoms with Crippen LogP contribution in [0.4, 0.5) is 0 Å². The van der Waals surface area contributed by atoms with Crippen molar-refractivity contribution in [3.05, 3.63) is 27.2 Å². The Balaban J connectivity index is 2.85. The van der Waals surface area contributed by atoms with Crippen LogP contribution < -0.4 is 17.0 Å². The molecule has 0 aliphatic rings. The molecule has 0 radical (unpaired) electrons. The van der Waals surface area contributed by atoms with E-state index in [4.69, 9.17) is 5.73 Å². The van der Waals surface area contributed by atoms with Crippen molar-refractivity contribution in [3.8, 4) is 0 Å². The SMILES string of the molecule is CCn1cnc2c1c(=O)n(CC(C)(C)N)c(=O)n2C. The van der Waals surface area contributed by atoms with Crippen molar-refractivity contribution >= 4 is 11.2 Å². The van der Waals surface area contributed by atoms with Gasteiger partial charge in [-0.2, -0.15) is 0 Å². The molecule has 0 aromatic carbocycles. The number of hydrogen-bond acceptors (Lipinski definition) is 4. The predicted molar refractivity (Wildman–Crippen MR) is 73.2 cm³/mol. The first-order chi connectivity index (χ1) is 8.76. The lowest BCUT2D eigenvalue weighted by Crippen LogP contribution is -2.48. The smallest absolute Gasteiger partial charge is 0.325 e. The van der Waals surface area contributed by atoms with Crippen LogP contribution in [0, 0.1) is 0 Å². The van der Waals surface area contributed by atoms with E-state index in [0.29, 0.717) is 17.7 Å². The minimum atomic E-state index is -0.638. The van der Waals surface area contributed by atoms with Crippen molar-refractivity contribution in [1.82, 2.24) is 18.7 Å². The molecule has 0 aliphatic heterocycles. The molecule has 0 bridgehead atoms. The zero-order valence-corrected chi connectivity index (χ0v) is 11.7. The summed E-state index contributed by atoms with van der Waals surface area (Å²) >= 11 is 0. The van der Waals surface area contributed by atoms with Gasteiger partial charge >= 0.3 is 5.69 Å². The van der Waals surface area contributed by atoms with E-state index in [2.05, 4.69) is 4.98 Å². The minimum Gasteiger partial charge on any atom is -0.325 e. The van der Waals surface area contributed by atoms with E-state index in [-0.39, 0.29) is 12.1 Å². The normalized spacial score (nSPS) is 12.3. The summed E-state index contributed by atoms with van der Waals surface area (Å²) in [6, 6.07) is 0. The fraction of sp³-hybridized carbons (Fsp3) is 0.583. The molecule has 0 atom stereocenters. The first kappa shape index (κ1) is 13.5. The van der Waals surface area contributed by atoms with E-state index in [1.54, 1.807) is 31.8 Å². The van der Waals surface area contributed by atoms with Gasteiger partial charge in [-0.25, -0.2) is 9.78 Å². The summed E-state index contributed by atoms with van der Waals surface area (Å²) in [6.45, 7) is 6.27. The van der Waals surface area contributed by atoms with Gasteiger partial charge in [-0.1, -0.05) is 0 Å². The Morgan fingerprint density at radius 1 is 1.37 bits per heavy atom. The van der Waals surface area contributed by atoms with E-state index < -0.39 is 11.2 Å². The highest BCUT2D eigenvalue weighted by molar-refractivity contribution is 5.69. The Morgan fingerprint density at radius 3 is 2.53 bits per heavy atom. The summed E-state index contributed by atoms with van der Waals surface area (Å²) in [5.74, 6) is 0. The highest BCUT2D eigenvalue weighted by Gasteiger charge is 2.20. The minimum absolute atomic E-state index is 0.170. The van der Waals surface area contributed by atoms with E-state index in [1.165, 1.54) is 9.13 Å². The second-order valence-electron chi connectivity index (χ2n) is 5.42. The molecule has 104 valence electrons. The third kappa shape index (κ3) is 2.21. The summed E-state index contributed by atoms with van der Waals surface area (Å²) in [5, 5.41) is 0. The Bertz CT molecular complexity index is 729. The molecule has 0 spiro atoms. The molecule has 0 fully saturated rings. The maximum atomic E-state index is 12.5. The molecule has 2 aromatic rings. The second-order valence-corrected chi connectivity index (χ2v) is 5.42. The van der Waals surface area contributed by atoms with E-state index in [0.717, 1.165) is 0 Å². The Labute approximate surface area is 110 Å². The van der Waals surface area contributed by atoms with Gasteiger partial charge in [0, 0.05) is 25.7 Å². The van der Waals surface area contributed by atoms with Gasteiger partial charge in [0.1, 0.15) is 0 Å². The van der Waals surface area contributed by atoms with Gasteiger partial charge in [0.05, 0.1) is 6.33 Å². The lowest BCUT2D eigenvalue weighted by Gasteiger charge is -2.19. The molecular formula is C12H19N5O2. The maximum absolute atomic E-state index is 12.5. The van der Waals surface area contributed by atoms with Crippen LogP contribution in [0.2, 0.25) is 0 Å². The molecule has 0 aliphatic carbocycles. The molecule has 0 unspecified atom stereocenters. The number of imidazole rings is 1. The number of aromatic nitrogens is 4. The number of aryl methyl sites for hydroxylation is 2. The lowest BCUT2D eigenvalue weighted by molar-refractivity contribution is 0.411. The predicted octanol–water partition coefficient (Wildman–Crippen LogP) is -0.346. The van der Waals surface area contributed by atoms with Crippen LogP contribution in [-0.2, 0) is 20.1 Å². The number of rotatable bonds is 3. The number of nitrogens with two attached hydrogens (primary N) is 1. The molecule has 0 saturated carbocycles. The van der Waals surface area contributed by atoms with Crippen molar-refractivity contribution in [2.45, 2.75) is 39.4 Å². The van der Waals surface area contributed by atoms with Crippen LogP contribution in [0.5, 0.6) is 0 Å². The number of nitrogens with zero attached hydrogens (tertiary/aromatic N) is 4. The van der Waals surface area contributed by atoms with Gasteiger partial charge in [0.15, 0.2) is 11.2 Å². The summed E-state index contributed by atoms with van der Waals surface area (Å²) in [7, 11) is 1.61. The highest BCUT2D eigenvalue weighted by Crippen LogP contribution is 2.06. The standard InChI is InChI=1S/C12H19N5O2/c1-5-16-7-14-9-8(16)10(18)17(6-12(2,3)13)11(19)15(9)4/h7H,5-6,13H2,1-4H3. The van der Waals surface area contributed by atoms with Gasteiger partial charge in [-0.3, -0.25) is 13.9 Å². The average molecular weight is 265 g/mol. The lowest BCUT2D eigenvalue weighted by atomic mass is 10.1. The first-order valence-electron chi connectivity index (χ1n) is 6.20. The molecular weight excluding hydrogens is 246 g/mol. The monoisotopic (exact) mass is 265 g/mol. The van der Waals surface area contributed by atoms with Gasteiger partial charge < -0.3 is 10.3 Å². The number of fused-ring (bicyclic) bond motifs is 1. The summed E-state index contributed by atoms with van der Waals surface area (Å²) in [4.78, 5) is 28.8. The average Bonchev–Trinajstić information content (AvgIpc) is 2.74. The molecule has 19 heavy (non-hydrogen) atoms. The first-order valence-corrected chi connectivity index (χ1v) is 6.20. The fourth-order valence-electron chi connectivity index (χ4n) is 2.11. The molecule has 0 saturated heterocycles. The topological polar surface area (TPSA) is 87.8 Å². The summed E-state index contributed by atoms with van der Waals surface area (Å²) in [5.41, 5.74) is 5.39. The third-order valence-electron chi connectivity index (χ3n) is 3.01. The third-order valence-corrected chi connectivity index (χ3v) is 3.01. The zero-order valence-electron chi connectivity index (χ0n) is 11.7. The van der Waals surface area contributed by atoms with Crippen LogP contribution in [0.15, 0.2) is 15.9 Å². The molecule has 7 heteroatoms. The van der Waals surface area contributed by atoms with Crippen LogP contribution in [0.3, 0.4) is 0 Å². The van der Waals surface area contributed by atoms with Crippen molar-refractivity contribution in [3.63, 3.8) is 0 Å². The maximum Gasteiger partial charge on any atom is 0.332 e. The van der Waals surface area contributed by atoms with Gasteiger partial charge in [-0.05, 0) is 20.8 Å². The highest BCUT2D eigenvalue weighted by atomic mass is 16.2. The van der Waals surface area contributed by atoms with Crippen LogP contribution >= 0.6 is 0 Å². The van der Waals surface area contributed by atoms with Gasteiger partial charge in [-0.15, -0.1) is 0 Å². The van der Waals surface area contributed by atoms with Crippen molar-refractivity contribution in [1.29, 1.82) is 0 Å². The Hall–Kier alpha value is -1.89. The largest absolute Gasteiger partial charge is 0.332 e. The zero-order chi connectivity index (χ0) is 14.4. The van der Waals surface area contributed by atoms with Gasteiger partial charge in [0.25, 0.3) is 5.56 Å². The summed E-state index contributed by atoms with van der Waals surface area (Å²) < 4.78 is 4.29. The molecule has 2 rings (SSSR count). The quantitative estimate of drug-likeness (QED) is 0.822. The number of hydrogen-bond donors (Lipinski definition) is 1. The second kappa shape index (κ2) is 4.34. The van der Waals surface area contributed by atoms with Crippen LogP contribution in [0.1, 0.15) is 20.8 Å². The van der Waals surface area contributed by atoms with Crippen LogP contribution in [-0.4, -0.2) is 24.2 Å². The molecule has 7 nitrogen and oxygen atoms in total. The van der Waals surface area contributed by atoms with Crippen molar-refractivity contribution in [2.75, 3.05) is 0 Å². The summed E-state index contributed by atoms with van der Waals surface area (Å²) in [6.07, 6.45) is 1.57. The van der Waals surface area contributed by atoms with E-state index >= 15 is 0 Å². The van der Waals surface area contributed by atoms with E-state index in [9.17, 15) is 9.59 Å². The van der Waals surface area contributed by atoms with Crippen molar-refractivity contribution < 1.29 is 0 Å². The Morgan fingerprint density at radius 2 is 2.00 bits per heavy atom. The fourth-order valence-corrected chi connectivity index (χ4v) is 2.11.